The number of hydrogen-bond donors (Lipinski definition) is 0. The zero-order valence-electron chi connectivity index (χ0n) is 13.2. The summed E-state index contributed by atoms with van der Waals surface area (Å²) in [6.45, 7) is 7.34. The highest BCUT2D eigenvalue weighted by Gasteiger charge is 2.49. The van der Waals surface area contributed by atoms with Crippen LogP contribution in [0.5, 0.6) is 0 Å². The van der Waals surface area contributed by atoms with Crippen molar-refractivity contribution in [2.75, 3.05) is 13.7 Å². The van der Waals surface area contributed by atoms with E-state index in [1.54, 1.807) is 20.8 Å². The highest BCUT2D eigenvalue weighted by atomic mass is 16.6. The molecule has 1 rings (SSSR count). The van der Waals surface area contributed by atoms with E-state index in [0.29, 0.717) is 6.61 Å². The number of likely N-dealkylation sites (tertiary alicyclic amines) is 1. The monoisotopic (exact) mass is 301 g/mol. The van der Waals surface area contributed by atoms with Crippen LogP contribution in [0.1, 0.15) is 40.5 Å². The third kappa shape index (κ3) is 4.42. The first-order chi connectivity index (χ1) is 9.71. The number of carbonyl (C=O) groups is 3. The molecular weight excluding hydrogens is 278 g/mol. The highest BCUT2D eigenvalue weighted by molar-refractivity contribution is 6.01. The number of esters is 1. The third-order valence-corrected chi connectivity index (χ3v) is 2.85. The van der Waals surface area contributed by atoms with Crippen molar-refractivity contribution in [1.82, 2.24) is 4.90 Å². The molecule has 1 aliphatic rings. The summed E-state index contributed by atoms with van der Waals surface area (Å²) >= 11 is 0. The normalized spacial score (nSPS) is 22.3. The molecule has 7 nitrogen and oxygen atoms in total. The minimum atomic E-state index is -1.00. The molecule has 0 unspecified atom stereocenters. The van der Waals surface area contributed by atoms with Gasteiger partial charge in [-0.1, -0.05) is 6.92 Å². The minimum absolute atomic E-state index is 0.0880. The van der Waals surface area contributed by atoms with Crippen LogP contribution in [0.2, 0.25) is 0 Å². The first-order valence-electron chi connectivity index (χ1n) is 6.96. The Hall–Kier alpha value is -1.63. The van der Waals surface area contributed by atoms with Gasteiger partial charge in [0.1, 0.15) is 17.7 Å². The molecule has 7 heteroatoms. The fraction of sp³-hybridized carbons (Fsp3) is 0.786. The average molecular weight is 301 g/mol. The van der Waals surface area contributed by atoms with Gasteiger partial charge in [0.2, 0.25) is 0 Å². The molecule has 120 valence electrons. The Morgan fingerprint density at radius 2 is 1.95 bits per heavy atom. The lowest BCUT2D eigenvalue weighted by Gasteiger charge is -2.26. The van der Waals surface area contributed by atoms with E-state index >= 15 is 0 Å². The Bertz CT molecular complexity index is 414. The van der Waals surface area contributed by atoms with Gasteiger partial charge < -0.3 is 14.2 Å². The van der Waals surface area contributed by atoms with Crippen molar-refractivity contribution in [3.8, 4) is 0 Å². The van der Waals surface area contributed by atoms with Gasteiger partial charge in [0.15, 0.2) is 0 Å². The van der Waals surface area contributed by atoms with Crippen molar-refractivity contribution >= 4 is 18.0 Å². The van der Waals surface area contributed by atoms with Crippen LogP contribution in [0.4, 0.5) is 4.79 Å². The molecule has 1 heterocycles. The van der Waals surface area contributed by atoms with Crippen molar-refractivity contribution in [2.24, 2.45) is 0 Å². The van der Waals surface area contributed by atoms with E-state index in [-0.39, 0.29) is 6.42 Å². The number of methoxy groups -OCH3 is 1. The maximum Gasteiger partial charge on any atom is 0.417 e. The van der Waals surface area contributed by atoms with Gasteiger partial charge in [0.05, 0.1) is 7.11 Å². The predicted molar refractivity (Wildman–Crippen MR) is 73.5 cm³/mol. The van der Waals surface area contributed by atoms with Gasteiger partial charge in [-0.2, -0.15) is 0 Å². The summed E-state index contributed by atoms with van der Waals surface area (Å²) in [6.07, 6.45) is -0.851. The maximum atomic E-state index is 12.3. The lowest BCUT2D eigenvalue weighted by atomic mass is 10.2. The molecule has 1 fully saturated rings. The number of ether oxygens (including phenoxy) is 3. The van der Waals surface area contributed by atoms with Gasteiger partial charge in [-0.15, -0.1) is 0 Å². The second-order valence-electron chi connectivity index (χ2n) is 5.82. The minimum Gasteiger partial charge on any atom is -0.467 e. The van der Waals surface area contributed by atoms with Gasteiger partial charge >= 0.3 is 12.1 Å². The maximum absolute atomic E-state index is 12.3. The standard InChI is InChI=1S/C14H23NO6/c1-6-7-20-10-8-9(12(17)19-5)15(11(10)16)13(18)21-14(2,3)4/h9-10H,6-8H2,1-5H3/t9-,10-/m0/s1. The van der Waals surface area contributed by atoms with Gasteiger partial charge in [-0.05, 0) is 27.2 Å². The molecule has 0 aromatic carbocycles. The molecular formula is C14H23NO6. The lowest BCUT2D eigenvalue weighted by Crippen LogP contribution is -2.46. The van der Waals surface area contributed by atoms with Crippen LogP contribution in [0.3, 0.4) is 0 Å². The summed E-state index contributed by atoms with van der Waals surface area (Å²) in [5.74, 6) is -1.22. The van der Waals surface area contributed by atoms with Crippen molar-refractivity contribution in [3.63, 3.8) is 0 Å². The largest absolute Gasteiger partial charge is 0.467 e. The molecule has 0 spiro atoms. The second kappa shape index (κ2) is 6.89. The molecule has 0 aromatic heterocycles. The SMILES string of the molecule is CCCO[C@H]1C[C@@H](C(=O)OC)N(C(=O)OC(C)(C)C)C1=O. The first-order valence-corrected chi connectivity index (χ1v) is 6.96. The van der Waals surface area contributed by atoms with Crippen LogP contribution < -0.4 is 0 Å². The topological polar surface area (TPSA) is 82.1 Å². The number of amides is 2. The number of rotatable bonds is 4. The van der Waals surface area contributed by atoms with E-state index in [2.05, 4.69) is 4.74 Å². The second-order valence-corrected chi connectivity index (χ2v) is 5.82. The van der Waals surface area contributed by atoms with E-state index in [9.17, 15) is 14.4 Å². The zero-order valence-corrected chi connectivity index (χ0v) is 13.2. The molecule has 1 aliphatic heterocycles. The Balaban J connectivity index is 2.92. The van der Waals surface area contributed by atoms with Gasteiger partial charge in [-0.3, -0.25) is 4.79 Å². The molecule has 1 saturated heterocycles. The Morgan fingerprint density at radius 1 is 1.33 bits per heavy atom. The summed E-state index contributed by atoms with van der Waals surface area (Å²) in [6, 6.07) is -1.00. The quantitative estimate of drug-likeness (QED) is 0.732. The molecule has 0 saturated carbocycles. The highest BCUT2D eigenvalue weighted by Crippen LogP contribution is 2.25. The third-order valence-electron chi connectivity index (χ3n) is 2.85. The summed E-state index contributed by atoms with van der Waals surface area (Å²) in [7, 11) is 1.21. The summed E-state index contributed by atoms with van der Waals surface area (Å²) in [5.41, 5.74) is -0.763. The van der Waals surface area contributed by atoms with Crippen molar-refractivity contribution < 1.29 is 28.6 Å². The van der Waals surface area contributed by atoms with Crippen LogP contribution in [-0.2, 0) is 23.8 Å². The average Bonchev–Trinajstić information content (AvgIpc) is 2.70. The van der Waals surface area contributed by atoms with Crippen LogP contribution >= 0.6 is 0 Å². The summed E-state index contributed by atoms with van der Waals surface area (Å²) < 4.78 is 15.2. The molecule has 0 aromatic rings. The Kier molecular flexibility index (Phi) is 5.71. The smallest absolute Gasteiger partial charge is 0.417 e. The van der Waals surface area contributed by atoms with Crippen LogP contribution in [0.25, 0.3) is 0 Å². The zero-order chi connectivity index (χ0) is 16.2. The molecule has 0 radical (unpaired) electrons. The van der Waals surface area contributed by atoms with E-state index in [4.69, 9.17) is 9.47 Å². The molecule has 0 bridgehead atoms. The van der Waals surface area contributed by atoms with Gasteiger partial charge in [-0.25, -0.2) is 14.5 Å². The Labute approximate surface area is 124 Å². The molecule has 2 amide bonds. The van der Waals surface area contributed by atoms with Crippen molar-refractivity contribution in [1.29, 1.82) is 0 Å². The number of carbonyl (C=O) groups excluding carboxylic acids is 3. The van der Waals surface area contributed by atoms with Crippen molar-refractivity contribution in [2.45, 2.75) is 58.3 Å². The first kappa shape index (κ1) is 17.4. The van der Waals surface area contributed by atoms with Gasteiger partial charge in [0, 0.05) is 13.0 Å². The summed E-state index contributed by atoms with van der Waals surface area (Å²) in [5, 5.41) is 0. The van der Waals surface area contributed by atoms with Crippen LogP contribution in [0, 0.1) is 0 Å². The van der Waals surface area contributed by atoms with E-state index < -0.39 is 35.7 Å². The van der Waals surface area contributed by atoms with E-state index in [1.807, 2.05) is 6.92 Å². The number of hydrogen-bond acceptors (Lipinski definition) is 6. The number of nitrogens with zero attached hydrogens (tertiary/aromatic N) is 1. The van der Waals surface area contributed by atoms with Crippen LogP contribution in [0.15, 0.2) is 0 Å². The van der Waals surface area contributed by atoms with E-state index in [0.717, 1.165) is 11.3 Å². The molecule has 21 heavy (non-hydrogen) atoms. The van der Waals surface area contributed by atoms with Gasteiger partial charge in [0.25, 0.3) is 5.91 Å². The van der Waals surface area contributed by atoms with Crippen molar-refractivity contribution in [3.05, 3.63) is 0 Å². The fourth-order valence-corrected chi connectivity index (χ4v) is 1.98. The van der Waals surface area contributed by atoms with E-state index in [1.165, 1.54) is 7.11 Å². The lowest BCUT2D eigenvalue weighted by molar-refractivity contribution is -0.149. The molecule has 2 atom stereocenters. The number of imide groups is 1. The Morgan fingerprint density at radius 3 is 2.43 bits per heavy atom. The fourth-order valence-electron chi connectivity index (χ4n) is 1.98. The predicted octanol–water partition coefficient (Wildman–Crippen LogP) is 1.49. The molecule has 0 aliphatic carbocycles. The van der Waals surface area contributed by atoms with Crippen LogP contribution in [-0.4, -0.2) is 54.3 Å². The molecule has 0 N–H and O–H groups in total. The summed E-state index contributed by atoms with van der Waals surface area (Å²) in [4.78, 5) is 37.0.